The molecule has 2 aliphatic carbocycles. The van der Waals surface area contributed by atoms with E-state index in [1.807, 2.05) is 40.4 Å². The van der Waals surface area contributed by atoms with Crippen LogP contribution in [-0.4, -0.2) is 32.3 Å². The summed E-state index contributed by atoms with van der Waals surface area (Å²) in [6.45, 7) is 2.77. The normalized spacial score (nSPS) is 16.5. The first kappa shape index (κ1) is 22.4. The number of nitrogens with zero attached hydrogens (tertiary/aromatic N) is 3. The number of carbonyl (C=O) groups excluding carboxylic acids is 2. The molecule has 0 unspecified atom stereocenters. The molecule has 2 saturated carbocycles. The molecule has 2 N–H and O–H groups in total. The quantitative estimate of drug-likeness (QED) is 0.564. The molecular weight excluding hydrogens is 430 g/mol. The standard InChI is InChI=1S/C26H31N5O3/c1-17-7-10-23-29-19(14-31(23)13-17)12-28-26(34)22-16-30(20-8-9-20)15-21(24(22)32)25(33)27-11-18-5-3-2-4-6-18/h7,10,13-16,18,20H,2-6,8-9,11-12H2,1H3,(H,27,33)(H,28,34). The number of carbonyl (C=O) groups is 2. The highest BCUT2D eigenvalue weighted by Gasteiger charge is 2.27. The van der Waals surface area contributed by atoms with Gasteiger partial charge in [0.1, 0.15) is 16.8 Å². The minimum Gasteiger partial charge on any atom is -0.352 e. The van der Waals surface area contributed by atoms with E-state index in [0.717, 1.165) is 36.9 Å². The summed E-state index contributed by atoms with van der Waals surface area (Å²) in [7, 11) is 0. The molecular formula is C26H31N5O3. The SMILES string of the molecule is Cc1ccc2nc(CNC(=O)c3cn(C4CC4)cc(C(=O)NCC4CCCCC4)c3=O)cn2c1. The van der Waals surface area contributed by atoms with Crippen molar-refractivity contribution in [2.24, 2.45) is 5.92 Å². The van der Waals surface area contributed by atoms with Gasteiger partial charge in [-0.3, -0.25) is 14.4 Å². The minimum absolute atomic E-state index is 0.00294. The Balaban J connectivity index is 1.32. The van der Waals surface area contributed by atoms with Gasteiger partial charge in [-0.1, -0.05) is 25.3 Å². The van der Waals surface area contributed by atoms with Crippen LogP contribution in [0.4, 0.5) is 0 Å². The molecule has 5 rings (SSSR count). The highest BCUT2D eigenvalue weighted by atomic mass is 16.2. The van der Waals surface area contributed by atoms with E-state index in [2.05, 4.69) is 15.6 Å². The van der Waals surface area contributed by atoms with Crippen LogP contribution < -0.4 is 16.1 Å². The van der Waals surface area contributed by atoms with Crippen molar-refractivity contribution >= 4 is 17.5 Å². The fourth-order valence-corrected chi connectivity index (χ4v) is 4.74. The topological polar surface area (TPSA) is 97.5 Å². The molecule has 0 aromatic carbocycles. The van der Waals surface area contributed by atoms with Gasteiger partial charge in [0.2, 0.25) is 5.43 Å². The molecule has 8 nitrogen and oxygen atoms in total. The molecule has 8 heteroatoms. The molecule has 0 aliphatic heterocycles. The van der Waals surface area contributed by atoms with E-state index in [-0.39, 0.29) is 23.7 Å². The summed E-state index contributed by atoms with van der Waals surface area (Å²) in [4.78, 5) is 43.6. The van der Waals surface area contributed by atoms with Crippen LogP contribution in [0.5, 0.6) is 0 Å². The molecule has 34 heavy (non-hydrogen) atoms. The number of hydrogen-bond acceptors (Lipinski definition) is 4. The Hall–Kier alpha value is -3.42. The fraction of sp³-hybridized carbons (Fsp3) is 0.462. The molecule has 3 aromatic rings. The van der Waals surface area contributed by atoms with Gasteiger partial charge >= 0.3 is 0 Å². The van der Waals surface area contributed by atoms with Crippen molar-refractivity contribution in [3.8, 4) is 0 Å². The maximum absolute atomic E-state index is 13.1. The van der Waals surface area contributed by atoms with Crippen LogP contribution in [0.1, 0.15) is 83.0 Å². The minimum atomic E-state index is -0.527. The lowest BCUT2D eigenvalue weighted by atomic mass is 9.89. The van der Waals surface area contributed by atoms with Gasteiger partial charge in [0.05, 0.1) is 12.2 Å². The summed E-state index contributed by atoms with van der Waals surface area (Å²) in [5.74, 6) is -0.422. The van der Waals surface area contributed by atoms with Crippen molar-refractivity contribution in [3.63, 3.8) is 0 Å². The maximum atomic E-state index is 13.1. The highest BCUT2D eigenvalue weighted by molar-refractivity contribution is 5.99. The van der Waals surface area contributed by atoms with Crippen molar-refractivity contribution in [3.05, 3.63) is 69.5 Å². The second kappa shape index (κ2) is 9.44. The van der Waals surface area contributed by atoms with Crippen LogP contribution in [-0.2, 0) is 6.54 Å². The first-order chi connectivity index (χ1) is 16.5. The van der Waals surface area contributed by atoms with E-state index < -0.39 is 17.2 Å². The number of nitrogens with one attached hydrogen (secondary N) is 2. The Morgan fingerprint density at radius 1 is 0.941 bits per heavy atom. The third-order valence-electron chi connectivity index (χ3n) is 6.86. The lowest BCUT2D eigenvalue weighted by Gasteiger charge is -2.21. The number of aromatic nitrogens is 3. The molecule has 3 aromatic heterocycles. The van der Waals surface area contributed by atoms with Crippen LogP contribution >= 0.6 is 0 Å². The van der Waals surface area contributed by atoms with Crippen molar-refractivity contribution in [2.45, 2.75) is 64.5 Å². The summed E-state index contributed by atoms with van der Waals surface area (Å²) in [6, 6.07) is 4.14. The van der Waals surface area contributed by atoms with Crippen LogP contribution in [0.15, 0.2) is 41.7 Å². The zero-order valence-electron chi connectivity index (χ0n) is 19.5. The summed E-state index contributed by atoms with van der Waals surface area (Å²) in [6.07, 6.45) is 14.8. The third kappa shape index (κ3) is 4.90. The van der Waals surface area contributed by atoms with Gasteiger partial charge in [0.25, 0.3) is 11.8 Å². The predicted octanol–water partition coefficient (Wildman–Crippen LogP) is 3.38. The van der Waals surface area contributed by atoms with Crippen molar-refractivity contribution in [1.82, 2.24) is 24.6 Å². The van der Waals surface area contributed by atoms with E-state index in [4.69, 9.17) is 0 Å². The summed E-state index contributed by atoms with van der Waals surface area (Å²) in [5, 5.41) is 5.75. The van der Waals surface area contributed by atoms with Crippen LogP contribution in [0.2, 0.25) is 0 Å². The van der Waals surface area contributed by atoms with Crippen molar-refractivity contribution in [1.29, 1.82) is 0 Å². The Morgan fingerprint density at radius 3 is 2.35 bits per heavy atom. The van der Waals surface area contributed by atoms with Gasteiger partial charge in [-0.15, -0.1) is 0 Å². The first-order valence-corrected chi connectivity index (χ1v) is 12.2. The molecule has 2 amide bonds. The summed E-state index contributed by atoms with van der Waals surface area (Å²) < 4.78 is 3.76. The smallest absolute Gasteiger partial charge is 0.257 e. The van der Waals surface area contributed by atoms with Crippen LogP contribution in [0.25, 0.3) is 5.65 Å². The Labute approximate surface area is 198 Å². The number of amides is 2. The number of rotatable bonds is 7. The van der Waals surface area contributed by atoms with Gasteiger partial charge in [-0.05, 0) is 50.2 Å². The van der Waals surface area contributed by atoms with E-state index in [0.29, 0.717) is 18.2 Å². The van der Waals surface area contributed by atoms with Gasteiger partial charge in [-0.2, -0.15) is 0 Å². The third-order valence-corrected chi connectivity index (χ3v) is 6.86. The molecule has 0 saturated heterocycles. The Kier molecular flexibility index (Phi) is 6.22. The molecule has 0 spiro atoms. The maximum Gasteiger partial charge on any atom is 0.257 e. The molecule has 2 fully saturated rings. The number of imidazole rings is 1. The van der Waals surface area contributed by atoms with Gasteiger partial charge in [0.15, 0.2) is 0 Å². The van der Waals surface area contributed by atoms with Gasteiger partial charge in [0, 0.05) is 37.4 Å². The summed E-state index contributed by atoms with van der Waals surface area (Å²) in [5.41, 5.74) is 2.11. The zero-order valence-corrected chi connectivity index (χ0v) is 19.5. The summed E-state index contributed by atoms with van der Waals surface area (Å²) >= 11 is 0. The second-order valence-corrected chi connectivity index (χ2v) is 9.69. The average Bonchev–Trinajstić information content (AvgIpc) is 3.61. The molecule has 178 valence electrons. The van der Waals surface area contributed by atoms with Crippen molar-refractivity contribution < 1.29 is 9.59 Å². The zero-order chi connectivity index (χ0) is 23.7. The first-order valence-electron chi connectivity index (χ1n) is 12.2. The molecule has 3 heterocycles. The van der Waals surface area contributed by atoms with E-state index in [1.165, 1.54) is 19.3 Å². The van der Waals surface area contributed by atoms with E-state index in [9.17, 15) is 14.4 Å². The number of pyridine rings is 2. The van der Waals surface area contributed by atoms with Crippen molar-refractivity contribution in [2.75, 3.05) is 6.54 Å². The Bertz CT molecular complexity index is 1280. The fourth-order valence-electron chi connectivity index (χ4n) is 4.74. The lowest BCUT2D eigenvalue weighted by molar-refractivity contribution is 0.0941. The second-order valence-electron chi connectivity index (χ2n) is 9.69. The van der Waals surface area contributed by atoms with Crippen LogP contribution in [0.3, 0.4) is 0 Å². The van der Waals surface area contributed by atoms with E-state index in [1.54, 1.807) is 12.4 Å². The largest absolute Gasteiger partial charge is 0.352 e. The monoisotopic (exact) mass is 461 g/mol. The molecule has 2 aliphatic rings. The Morgan fingerprint density at radius 2 is 1.65 bits per heavy atom. The molecule has 0 radical (unpaired) electrons. The van der Waals surface area contributed by atoms with Crippen LogP contribution in [0, 0.1) is 12.8 Å². The molecule has 0 bridgehead atoms. The molecule has 0 atom stereocenters. The number of hydrogen-bond donors (Lipinski definition) is 2. The number of fused-ring (bicyclic) bond motifs is 1. The lowest BCUT2D eigenvalue weighted by Crippen LogP contribution is -2.37. The van der Waals surface area contributed by atoms with Gasteiger partial charge in [-0.25, -0.2) is 4.98 Å². The van der Waals surface area contributed by atoms with Gasteiger partial charge < -0.3 is 19.6 Å². The predicted molar refractivity (Wildman–Crippen MR) is 129 cm³/mol. The highest BCUT2D eigenvalue weighted by Crippen LogP contribution is 2.34. The van der Waals surface area contributed by atoms with E-state index >= 15 is 0 Å². The number of aryl methyl sites for hydroxylation is 1. The average molecular weight is 462 g/mol.